The van der Waals surface area contributed by atoms with Crippen molar-refractivity contribution in [1.29, 1.82) is 5.26 Å². The predicted molar refractivity (Wildman–Crippen MR) is 137 cm³/mol. The van der Waals surface area contributed by atoms with E-state index >= 15 is 0 Å². The molecule has 2 atom stereocenters. The quantitative estimate of drug-likeness (QED) is 0.305. The molecule has 190 valence electrons. The van der Waals surface area contributed by atoms with Crippen molar-refractivity contribution in [2.75, 3.05) is 5.32 Å². The number of nitrogens with zero attached hydrogens (tertiary/aromatic N) is 1. The van der Waals surface area contributed by atoms with E-state index in [0.29, 0.717) is 23.4 Å². The molecule has 37 heavy (non-hydrogen) atoms. The van der Waals surface area contributed by atoms with E-state index in [2.05, 4.69) is 16.7 Å². The van der Waals surface area contributed by atoms with Gasteiger partial charge in [0.25, 0.3) is 0 Å². The van der Waals surface area contributed by atoms with Gasteiger partial charge in [0.15, 0.2) is 5.78 Å². The molecule has 1 aliphatic rings. The number of Topliss-reactive ketones (excluding diaryl/α,β-unsaturated/α-hetero) is 1. The second kappa shape index (κ2) is 10.9. The van der Waals surface area contributed by atoms with Crippen LogP contribution in [0.1, 0.15) is 53.3 Å². The Labute approximate surface area is 216 Å². The van der Waals surface area contributed by atoms with Gasteiger partial charge in [0, 0.05) is 29.3 Å². The van der Waals surface area contributed by atoms with Gasteiger partial charge >= 0.3 is 6.18 Å². The Hall–Kier alpha value is -4.03. The Morgan fingerprint density at radius 1 is 1.16 bits per heavy atom. The lowest BCUT2D eigenvalue weighted by atomic mass is 9.81. The Morgan fingerprint density at radius 2 is 1.92 bits per heavy atom. The van der Waals surface area contributed by atoms with Gasteiger partial charge in [-0.05, 0) is 60.3 Å². The van der Waals surface area contributed by atoms with E-state index < -0.39 is 17.8 Å². The van der Waals surface area contributed by atoms with Gasteiger partial charge in [-0.2, -0.15) is 18.4 Å². The van der Waals surface area contributed by atoms with E-state index in [1.54, 1.807) is 37.3 Å². The lowest BCUT2D eigenvalue weighted by Gasteiger charge is -2.30. The predicted octanol–water partition coefficient (Wildman–Crippen LogP) is 7.20. The number of aliphatic hydroxyl groups is 1. The second-order valence-corrected chi connectivity index (χ2v) is 9.60. The summed E-state index contributed by atoms with van der Waals surface area (Å²) in [7, 11) is 0. The molecular weight excluding hydrogens is 499 g/mol. The number of benzene rings is 2. The summed E-state index contributed by atoms with van der Waals surface area (Å²) in [5, 5.41) is 28.3. The highest BCUT2D eigenvalue weighted by Gasteiger charge is 2.35. The number of thiophene rings is 1. The number of hydrogen-bond acceptors (Lipinski definition) is 6. The highest BCUT2D eigenvalue weighted by molar-refractivity contribution is 7.10. The molecule has 0 aliphatic heterocycles. The zero-order valence-electron chi connectivity index (χ0n) is 19.8. The van der Waals surface area contributed by atoms with Gasteiger partial charge < -0.3 is 15.7 Å². The van der Waals surface area contributed by atoms with E-state index in [0.717, 1.165) is 17.0 Å². The molecule has 3 aromatic rings. The first-order valence-electron chi connectivity index (χ1n) is 11.6. The molecule has 1 aromatic heterocycles. The van der Waals surface area contributed by atoms with Crippen LogP contribution in [0.3, 0.4) is 0 Å². The molecule has 0 amide bonds. The molecule has 1 aliphatic carbocycles. The minimum Gasteiger partial charge on any atom is -0.512 e. The van der Waals surface area contributed by atoms with E-state index in [1.165, 1.54) is 23.5 Å². The van der Waals surface area contributed by atoms with Crippen LogP contribution >= 0.6 is 11.3 Å². The third kappa shape index (κ3) is 6.04. The number of halogens is 3. The standard InChI is InChI=1S/C28H24F3N3O2S/c1-2-25(33-21-6-3-5-20(15-21)28(29,30)31)34-27(18-10-8-17(16-32)9-11-18)26-22(35)13-19(14-23(26)36)24-7-4-12-37-24/h2-12,15,19,27,33-35H,13-14H2,1H3. The van der Waals surface area contributed by atoms with Crippen LogP contribution in [0.15, 0.2) is 89.3 Å². The third-order valence-electron chi connectivity index (χ3n) is 6.15. The fourth-order valence-corrected chi connectivity index (χ4v) is 5.14. The molecule has 0 spiro atoms. The van der Waals surface area contributed by atoms with E-state index in [4.69, 9.17) is 0 Å². The molecule has 4 rings (SSSR count). The molecular formula is C28H24F3N3O2S. The number of nitriles is 1. The number of allylic oxidation sites excluding steroid dienone is 2. The monoisotopic (exact) mass is 523 g/mol. The lowest BCUT2D eigenvalue weighted by molar-refractivity contribution is -0.137. The van der Waals surface area contributed by atoms with Gasteiger partial charge in [0.2, 0.25) is 0 Å². The number of alkyl halides is 3. The van der Waals surface area contributed by atoms with Gasteiger partial charge in [0.1, 0.15) is 5.76 Å². The summed E-state index contributed by atoms with van der Waals surface area (Å²) in [6.45, 7) is 1.70. The SMILES string of the molecule is CC=C(Nc1cccc(C(F)(F)F)c1)NC(C1=C(O)CC(c2cccs2)CC1=O)c1ccc(C#N)cc1. The van der Waals surface area contributed by atoms with Crippen LogP contribution in [0.4, 0.5) is 18.9 Å². The Kier molecular flexibility index (Phi) is 7.69. The summed E-state index contributed by atoms with van der Waals surface area (Å²) >= 11 is 1.53. The number of nitrogens with one attached hydrogen (secondary N) is 2. The van der Waals surface area contributed by atoms with Crippen LogP contribution in [0.5, 0.6) is 0 Å². The fraction of sp³-hybridized carbons (Fsp3) is 0.214. The summed E-state index contributed by atoms with van der Waals surface area (Å²) in [5.41, 5.74) is 0.664. The van der Waals surface area contributed by atoms with E-state index in [9.17, 15) is 28.3 Å². The number of ketones is 1. The maximum atomic E-state index is 13.4. The Bertz CT molecular complexity index is 1370. The van der Waals surface area contributed by atoms with Crippen molar-refractivity contribution in [2.45, 2.75) is 37.9 Å². The van der Waals surface area contributed by atoms with Crippen molar-refractivity contribution in [1.82, 2.24) is 5.32 Å². The van der Waals surface area contributed by atoms with Gasteiger partial charge in [-0.3, -0.25) is 4.79 Å². The summed E-state index contributed by atoms with van der Waals surface area (Å²) in [4.78, 5) is 14.4. The highest BCUT2D eigenvalue weighted by Crippen LogP contribution is 2.40. The Balaban J connectivity index is 1.67. The zero-order valence-corrected chi connectivity index (χ0v) is 20.7. The molecule has 0 bridgehead atoms. The van der Waals surface area contributed by atoms with Crippen LogP contribution in [0.2, 0.25) is 0 Å². The summed E-state index contributed by atoms with van der Waals surface area (Å²) < 4.78 is 39.6. The molecule has 0 radical (unpaired) electrons. The van der Waals surface area contributed by atoms with Crippen LogP contribution in [-0.4, -0.2) is 10.9 Å². The van der Waals surface area contributed by atoms with E-state index in [-0.39, 0.29) is 35.1 Å². The molecule has 0 saturated carbocycles. The fourth-order valence-electron chi connectivity index (χ4n) is 4.31. The van der Waals surface area contributed by atoms with Crippen LogP contribution in [0.25, 0.3) is 0 Å². The second-order valence-electron chi connectivity index (χ2n) is 8.62. The normalized spacial score (nSPS) is 17.3. The molecule has 0 fully saturated rings. The first kappa shape index (κ1) is 26.0. The minimum atomic E-state index is -4.49. The van der Waals surface area contributed by atoms with Gasteiger partial charge in [-0.1, -0.05) is 24.3 Å². The molecule has 9 heteroatoms. The number of rotatable bonds is 7. The van der Waals surface area contributed by atoms with Crippen molar-refractivity contribution in [3.05, 3.63) is 111 Å². The summed E-state index contributed by atoms with van der Waals surface area (Å²) in [6.07, 6.45) is -2.34. The smallest absolute Gasteiger partial charge is 0.416 e. The van der Waals surface area contributed by atoms with Crippen LogP contribution in [0, 0.1) is 11.3 Å². The Morgan fingerprint density at radius 3 is 2.51 bits per heavy atom. The summed E-state index contributed by atoms with van der Waals surface area (Å²) in [6, 6.07) is 16.5. The number of carbonyl (C=O) groups excluding carboxylic acids is 1. The molecule has 2 unspecified atom stereocenters. The number of carbonyl (C=O) groups is 1. The molecule has 3 N–H and O–H groups in total. The first-order chi connectivity index (χ1) is 17.7. The minimum absolute atomic E-state index is 0.0361. The highest BCUT2D eigenvalue weighted by atomic mass is 32.1. The van der Waals surface area contributed by atoms with Crippen molar-refractivity contribution in [3.63, 3.8) is 0 Å². The average molecular weight is 524 g/mol. The third-order valence-corrected chi connectivity index (χ3v) is 7.18. The van der Waals surface area contributed by atoms with Crippen LogP contribution < -0.4 is 10.6 Å². The van der Waals surface area contributed by atoms with Gasteiger partial charge in [-0.25, -0.2) is 0 Å². The maximum Gasteiger partial charge on any atom is 0.416 e. The van der Waals surface area contributed by atoms with Gasteiger partial charge in [-0.15, -0.1) is 11.3 Å². The number of aliphatic hydroxyl groups excluding tert-OH is 1. The lowest BCUT2D eigenvalue weighted by Crippen LogP contribution is -2.32. The average Bonchev–Trinajstić information content (AvgIpc) is 3.42. The van der Waals surface area contributed by atoms with Crippen LogP contribution in [-0.2, 0) is 11.0 Å². The maximum absolute atomic E-state index is 13.4. The molecule has 0 saturated heterocycles. The molecule has 1 heterocycles. The van der Waals surface area contributed by atoms with Crippen molar-refractivity contribution in [2.24, 2.45) is 0 Å². The topological polar surface area (TPSA) is 85.2 Å². The molecule has 5 nitrogen and oxygen atoms in total. The van der Waals surface area contributed by atoms with Crippen molar-refractivity contribution >= 4 is 22.8 Å². The summed E-state index contributed by atoms with van der Waals surface area (Å²) in [5.74, 6) is -0.0333. The van der Waals surface area contributed by atoms with Crippen molar-refractivity contribution < 1.29 is 23.1 Å². The van der Waals surface area contributed by atoms with Gasteiger partial charge in [0.05, 0.1) is 34.6 Å². The number of hydrogen-bond donors (Lipinski definition) is 3. The first-order valence-corrected chi connectivity index (χ1v) is 12.4. The molecule has 2 aromatic carbocycles. The van der Waals surface area contributed by atoms with E-state index in [1.807, 2.05) is 17.5 Å². The van der Waals surface area contributed by atoms with Crippen molar-refractivity contribution in [3.8, 4) is 6.07 Å². The largest absolute Gasteiger partial charge is 0.512 e. The number of anilines is 1. The zero-order chi connectivity index (χ0) is 26.6.